The summed E-state index contributed by atoms with van der Waals surface area (Å²) in [5.41, 5.74) is 0.783. The van der Waals surface area contributed by atoms with Gasteiger partial charge in [-0.1, -0.05) is 30.7 Å². The molecule has 4 heteroatoms. The predicted octanol–water partition coefficient (Wildman–Crippen LogP) is 4.73. The molecule has 0 aromatic heterocycles. The monoisotopic (exact) mass is 301 g/mol. The number of carbonyl (C=O) groups is 1. The second kappa shape index (κ2) is 5.78. The Balaban J connectivity index is 1.64. The summed E-state index contributed by atoms with van der Waals surface area (Å²) in [4.78, 5) is 11.8. The van der Waals surface area contributed by atoms with Crippen LogP contribution in [0.25, 0.3) is 0 Å². The van der Waals surface area contributed by atoms with Gasteiger partial charge in [-0.25, -0.2) is 0 Å². The van der Waals surface area contributed by atoms with Gasteiger partial charge in [0.25, 0.3) is 0 Å². The van der Waals surface area contributed by atoms with Gasteiger partial charge in [0.15, 0.2) is 0 Å². The minimum absolute atomic E-state index is 0.0993. The molecule has 1 aliphatic carbocycles. The van der Waals surface area contributed by atoms with Crippen LogP contribution in [0.15, 0.2) is 48.5 Å². The van der Waals surface area contributed by atoms with Gasteiger partial charge in [0.05, 0.1) is 5.02 Å². The van der Waals surface area contributed by atoms with Gasteiger partial charge in [-0.3, -0.25) is 4.79 Å². The van der Waals surface area contributed by atoms with Crippen molar-refractivity contribution in [1.29, 1.82) is 0 Å². The highest BCUT2D eigenvalue weighted by Gasteiger charge is 2.38. The molecule has 3 nitrogen and oxygen atoms in total. The zero-order valence-corrected chi connectivity index (χ0v) is 12.4. The molecule has 0 spiro atoms. The van der Waals surface area contributed by atoms with E-state index in [-0.39, 0.29) is 11.8 Å². The average Bonchev–Trinajstić information content (AvgIpc) is 3.21. The molecule has 3 rings (SSSR count). The molecule has 0 radical (unpaired) electrons. The number of anilines is 1. The van der Waals surface area contributed by atoms with E-state index in [1.165, 1.54) is 0 Å². The Morgan fingerprint density at radius 3 is 2.48 bits per heavy atom. The number of hydrogen-bond acceptors (Lipinski definition) is 2. The Kier molecular flexibility index (Phi) is 3.84. The van der Waals surface area contributed by atoms with Crippen LogP contribution in [0.1, 0.15) is 13.3 Å². The highest BCUT2D eigenvalue weighted by Crippen LogP contribution is 2.38. The fourth-order valence-corrected chi connectivity index (χ4v) is 2.36. The molecule has 2 aromatic rings. The topological polar surface area (TPSA) is 38.3 Å². The lowest BCUT2D eigenvalue weighted by molar-refractivity contribution is -0.117. The Morgan fingerprint density at radius 2 is 1.86 bits per heavy atom. The zero-order chi connectivity index (χ0) is 14.8. The van der Waals surface area contributed by atoms with Crippen LogP contribution in [-0.4, -0.2) is 5.91 Å². The molecule has 2 atom stereocenters. The highest BCUT2D eigenvalue weighted by atomic mass is 35.5. The predicted molar refractivity (Wildman–Crippen MR) is 83.9 cm³/mol. The maximum Gasteiger partial charge on any atom is 0.227 e. The number of benzene rings is 2. The van der Waals surface area contributed by atoms with Gasteiger partial charge >= 0.3 is 0 Å². The van der Waals surface area contributed by atoms with Crippen molar-refractivity contribution in [3.05, 3.63) is 53.6 Å². The van der Waals surface area contributed by atoms with Crippen molar-refractivity contribution in [2.24, 2.45) is 11.8 Å². The Morgan fingerprint density at radius 1 is 1.19 bits per heavy atom. The second-order valence-corrected chi connectivity index (χ2v) is 5.77. The first-order chi connectivity index (χ1) is 10.1. The van der Waals surface area contributed by atoms with Gasteiger partial charge in [0.1, 0.15) is 11.5 Å². The van der Waals surface area contributed by atoms with Crippen molar-refractivity contribution >= 4 is 23.2 Å². The maximum atomic E-state index is 11.8. The minimum atomic E-state index is 0.0993. The SMILES string of the molecule is C[C@H]1C[C@@H]1C(=O)Nc1ccc(Oc2ccccc2Cl)cc1. The average molecular weight is 302 g/mol. The summed E-state index contributed by atoms with van der Waals surface area (Å²) in [7, 11) is 0. The fraction of sp³-hybridized carbons (Fsp3) is 0.235. The van der Waals surface area contributed by atoms with E-state index in [1.54, 1.807) is 6.07 Å². The molecule has 1 amide bonds. The Bertz CT molecular complexity index is 654. The number of carbonyl (C=O) groups excluding carboxylic acids is 1. The van der Waals surface area contributed by atoms with E-state index in [4.69, 9.17) is 16.3 Å². The molecular formula is C17H16ClNO2. The second-order valence-electron chi connectivity index (χ2n) is 5.37. The zero-order valence-electron chi connectivity index (χ0n) is 11.7. The van der Waals surface area contributed by atoms with Gasteiger partial charge in [-0.05, 0) is 48.7 Å². The van der Waals surface area contributed by atoms with Crippen molar-refractivity contribution < 1.29 is 9.53 Å². The quantitative estimate of drug-likeness (QED) is 0.887. The molecule has 1 saturated carbocycles. The number of rotatable bonds is 4. The summed E-state index contributed by atoms with van der Waals surface area (Å²) in [5, 5.41) is 3.48. The summed E-state index contributed by atoms with van der Waals surface area (Å²) >= 11 is 6.05. The molecule has 1 aliphatic rings. The number of hydrogen-bond donors (Lipinski definition) is 1. The first kappa shape index (κ1) is 14.0. The van der Waals surface area contributed by atoms with Gasteiger partial charge in [-0.2, -0.15) is 0 Å². The Labute approximate surface area is 128 Å². The standard InChI is InChI=1S/C17H16ClNO2/c1-11-10-14(11)17(20)19-12-6-8-13(9-7-12)21-16-5-3-2-4-15(16)18/h2-9,11,14H,10H2,1H3,(H,19,20)/t11-,14-/m0/s1. The number of nitrogens with one attached hydrogen (secondary N) is 1. The van der Waals surface area contributed by atoms with Gasteiger partial charge in [0.2, 0.25) is 5.91 Å². The third kappa shape index (κ3) is 3.37. The Hall–Kier alpha value is -2.00. The molecule has 108 valence electrons. The van der Waals surface area contributed by atoms with Crippen molar-refractivity contribution in [2.75, 3.05) is 5.32 Å². The highest BCUT2D eigenvalue weighted by molar-refractivity contribution is 6.32. The van der Waals surface area contributed by atoms with Crippen molar-refractivity contribution in [3.63, 3.8) is 0 Å². The molecule has 0 heterocycles. The number of para-hydroxylation sites is 1. The largest absolute Gasteiger partial charge is 0.456 e. The first-order valence-corrected chi connectivity index (χ1v) is 7.34. The molecule has 21 heavy (non-hydrogen) atoms. The van der Waals surface area contributed by atoms with Crippen LogP contribution in [0.2, 0.25) is 5.02 Å². The van der Waals surface area contributed by atoms with E-state index in [9.17, 15) is 4.79 Å². The van der Waals surface area contributed by atoms with E-state index >= 15 is 0 Å². The van der Waals surface area contributed by atoms with E-state index in [0.717, 1.165) is 12.1 Å². The van der Waals surface area contributed by atoms with Crippen LogP contribution in [-0.2, 0) is 4.79 Å². The number of halogens is 1. The van der Waals surface area contributed by atoms with Crippen LogP contribution in [0, 0.1) is 11.8 Å². The van der Waals surface area contributed by atoms with Gasteiger partial charge in [-0.15, -0.1) is 0 Å². The summed E-state index contributed by atoms with van der Waals surface area (Å²) < 4.78 is 5.70. The van der Waals surface area contributed by atoms with Gasteiger partial charge in [0, 0.05) is 11.6 Å². The molecule has 1 fully saturated rings. The maximum absolute atomic E-state index is 11.8. The lowest BCUT2D eigenvalue weighted by Crippen LogP contribution is -2.14. The molecule has 1 N–H and O–H groups in total. The third-order valence-electron chi connectivity index (χ3n) is 3.63. The van der Waals surface area contributed by atoms with Crippen LogP contribution < -0.4 is 10.1 Å². The summed E-state index contributed by atoms with van der Waals surface area (Å²) in [5.74, 6) is 2.07. The molecule has 2 aromatic carbocycles. The number of amides is 1. The van der Waals surface area contributed by atoms with E-state index < -0.39 is 0 Å². The summed E-state index contributed by atoms with van der Waals surface area (Å²) in [6.07, 6.45) is 0.986. The van der Waals surface area contributed by atoms with Crippen molar-refractivity contribution in [2.45, 2.75) is 13.3 Å². The lowest BCUT2D eigenvalue weighted by atomic mass is 10.2. The molecular weight excluding hydrogens is 286 g/mol. The first-order valence-electron chi connectivity index (χ1n) is 6.97. The molecule has 0 unspecified atom stereocenters. The van der Waals surface area contributed by atoms with Crippen LogP contribution >= 0.6 is 11.6 Å². The van der Waals surface area contributed by atoms with E-state index in [0.29, 0.717) is 22.4 Å². The van der Waals surface area contributed by atoms with Crippen LogP contribution in [0.4, 0.5) is 5.69 Å². The van der Waals surface area contributed by atoms with Crippen molar-refractivity contribution in [1.82, 2.24) is 0 Å². The molecule has 0 saturated heterocycles. The van der Waals surface area contributed by atoms with E-state index in [1.807, 2.05) is 42.5 Å². The fourth-order valence-electron chi connectivity index (χ4n) is 2.18. The normalized spacial score (nSPS) is 19.9. The summed E-state index contributed by atoms with van der Waals surface area (Å²) in [6.45, 7) is 2.09. The molecule has 0 bridgehead atoms. The smallest absolute Gasteiger partial charge is 0.227 e. The summed E-state index contributed by atoms with van der Waals surface area (Å²) in [6, 6.07) is 14.6. The third-order valence-corrected chi connectivity index (χ3v) is 3.94. The van der Waals surface area contributed by atoms with Crippen LogP contribution in [0.3, 0.4) is 0 Å². The number of ether oxygens (including phenoxy) is 1. The van der Waals surface area contributed by atoms with Crippen LogP contribution in [0.5, 0.6) is 11.5 Å². The molecule has 0 aliphatic heterocycles. The van der Waals surface area contributed by atoms with Gasteiger partial charge < -0.3 is 10.1 Å². The van der Waals surface area contributed by atoms with Crippen molar-refractivity contribution in [3.8, 4) is 11.5 Å². The van der Waals surface area contributed by atoms with E-state index in [2.05, 4.69) is 12.2 Å². The minimum Gasteiger partial charge on any atom is -0.456 e. The lowest BCUT2D eigenvalue weighted by Gasteiger charge is -2.09.